The zero-order chi connectivity index (χ0) is 44.3. The second-order valence-corrected chi connectivity index (χ2v) is 15.3. The SMILES string of the molecule is COc1ccc(/C=C/C(=O)O[C@@H]2[C@@H](OC(=O)/C=C/c3ccc(OC)cc3)[C@H](C)O[C@@H](O[C@H]3[C@@H]4C=CO[C@@H](O[C@@H]5O[C@H](CO)[C@@H](O)[C@H](O)[C@H]5O)[C@@H]4[C@@]4(CO)O[C@@H]34)[C@@H]2OC(C)=O)cc1. The van der Waals surface area contributed by atoms with Gasteiger partial charge in [0.25, 0.3) is 0 Å². The fourth-order valence-corrected chi connectivity index (χ4v) is 8.27. The maximum Gasteiger partial charge on any atom is 0.331 e. The summed E-state index contributed by atoms with van der Waals surface area (Å²) in [5.74, 6) is -2.78. The van der Waals surface area contributed by atoms with Crippen LogP contribution in [0.5, 0.6) is 11.5 Å². The minimum Gasteiger partial charge on any atom is -0.497 e. The first-order valence-corrected chi connectivity index (χ1v) is 19.9. The molecule has 0 amide bonds. The zero-order valence-electron chi connectivity index (χ0n) is 34.1. The topological polar surface area (TPSA) is 257 Å². The summed E-state index contributed by atoms with van der Waals surface area (Å²) >= 11 is 0. The molecule has 1 saturated carbocycles. The van der Waals surface area contributed by atoms with Gasteiger partial charge >= 0.3 is 17.9 Å². The highest BCUT2D eigenvalue weighted by molar-refractivity contribution is 5.88. The lowest BCUT2D eigenvalue weighted by Crippen LogP contribution is -2.62. The molecule has 4 heterocycles. The van der Waals surface area contributed by atoms with E-state index in [1.165, 1.54) is 38.7 Å². The Bertz CT molecular complexity index is 1970. The molecule has 0 bridgehead atoms. The molecule has 0 radical (unpaired) electrons. The Hall–Kier alpha value is -4.93. The number of rotatable bonds is 15. The average molecular weight is 871 g/mol. The molecule has 19 heteroatoms. The average Bonchev–Trinajstić information content (AvgIpc) is 3.95. The number of aliphatic hydroxyl groups is 5. The van der Waals surface area contributed by atoms with Crippen molar-refractivity contribution in [3.8, 4) is 11.5 Å². The maximum absolute atomic E-state index is 13.5. The highest BCUT2D eigenvalue weighted by Crippen LogP contribution is 2.61. The first-order chi connectivity index (χ1) is 29.8. The number of epoxide rings is 1. The molecule has 1 aliphatic carbocycles. The van der Waals surface area contributed by atoms with Crippen LogP contribution in [0, 0.1) is 11.8 Å². The predicted octanol–water partition coefficient (Wildman–Crippen LogP) is 0.378. The van der Waals surface area contributed by atoms with Gasteiger partial charge in [-0.25, -0.2) is 9.59 Å². The number of hydrogen-bond donors (Lipinski definition) is 5. The molecule has 16 atom stereocenters. The molecule has 62 heavy (non-hydrogen) atoms. The van der Waals surface area contributed by atoms with E-state index < -0.39 is 128 Å². The van der Waals surface area contributed by atoms with Crippen molar-refractivity contribution in [2.24, 2.45) is 11.8 Å². The monoisotopic (exact) mass is 870 g/mol. The highest BCUT2D eigenvalue weighted by atomic mass is 16.8. The standard InChI is InChI=1S/C43H50O19/c1-21-35(58-29(47)15-9-23-5-11-25(52-3)12-6-23)37(59-30(48)16-10-24-7-13-26(53-4)14-8-24)38(56-22(2)46)42(55-21)60-36-27-17-18-54-40(31(27)43(20-45)39(36)62-43)61-41-34(51)33(50)32(49)28(19-44)57-41/h5-18,21,27-28,31-42,44-45,49-51H,19-20H2,1-4H3/b15-9+,16-10+/t21-,27+,28+,31+,32+,33-,34+,35-,36-,37+,38+,39-,40-,41-,42-,43+/m0/s1. The van der Waals surface area contributed by atoms with Crippen molar-refractivity contribution in [1.82, 2.24) is 0 Å². The van der Waals surface area contributed by atoms with Crippen LogP contribution in [-0.2, 0) is 57.0 Å². The molecule has 336 valence electrons. The molecule has 0 spiro atoms. The van der Waals surface area contributed by atoms with Crippen molar-refractivity contribution in [2.75, 3.05) is 27.4 Å². The van der Waals surface area contributed by atoms with Crippen LogP contribution < -0.4 is 9.47 Å². The van der Waals surface area contributed by atoms with Crippen molar-refractivity contribution < 1.29 is 92.0 Å². The molecule has 4 fully saturated rings. The van der Waals surface area contributed by atoms with Gasteiger partial charge in [-0.3, -0.25) is 4.79 Å². The van der Waals surface area contributed by atoms with Crippen LogP contribution in [0.4, 0.5) is 0 Å². The smallest absolute Gasteiger partial charge is 0.331 e. The van der Waals surface area contributed by atoms with E-state index in [1.807, 2.05) is 0 Å². The lowest BCUT2D eigenvalue weighted by molar-refractivity contribution is -0.347. The highest BCUT2D eigenvalue weighted by Gasteiger charge is 2.77. The van der Waals surface area contributed by atoms with Crippen LogP contribution in [0.25, 0.3) is 12.2 Å². The third-order valence-electron chi connectivity index (χ3n) is 11.5. The van der Waals surface area contributed by atoms with Crippen molar-refractivity contribution in [1.29, 1.82) is 0 Å². The lowest BCUT2D eigenvalue weighted by atomic mass is 9.85. The van der Waals surface area contributed by atoms with E-state index in [2.05, 4.69) is 0 Å². The summed E-state index contributed by atoms with van der Waals surface area (Å²) in [6, 6.07) is 13.7. The number of esters is 3. The number of ether oxygens (including phenoxy) is 11. The van der Waals surface area contributed by atoms with E-state index in [9.17, 15) is 39.9 Å². The summed E-state index contributed by atoms with van der Waals surface area (Å²) in [5, 5.41) is 51.7. The molecular formula is C43H50O19. The van der Waals surface area contributed by atoms with E-state index in [0.29, 0.717) is 22.6 Å². The van der Waals surface area contributed by atoms with Crippen LogP contribution in [0.15, 0.2) is 73.0 Å². The number of aliphatic hydroxyl groups excluding tert-OH is 5. The third kappa shape index (κ3) is 9.37. The summed E-state index contributed by atoms with van der Waals surface area (Å²) < 4.78 is 64.2. The molecule has 7 rings (SSSR count). The summed E-state index contributed by atoms with van der Waals surface area (Å²) in [6.07, 6.45) is -9.60. The van der Waals surface area contributed by atoms with Crippen LogP contribution in [0.3, 0.4) is 0 Å². The van der Waals surface area contributed by atoms with Gasteiger partial charge in [0.1, 0.15) is 47.6 Å². The van der Waals surface area contributed by atoms with Gasteiger partial charge in [0, 0.05) is 25.0 Å². The van der Waals surface area contributed by atoms with Crippen molar-refractivity contribution in [3.63, 3.8) is 0 Å². The summed E-state index contributed by atoms with van der Waals surface area (Å²) in [7, 11) is 3.05. The number of fused-ring (bicyclic) bond motifs is 3. The molecule has 19 nitrogen and oxygen atoms in total. The Morgan fingerprint density at radius 2 is 1.31 bits per heavy atom. The van der Waals surface area contributed by atoms with Gasteiger partial charge in [-0.1, -0.05) is 24.3 Å². The maximum atomic E-state index is 13.5. The third-order valence-corrected chi connectivity index (χ3v) is 11.5. The molecule has 3 saturated heterocycles. The second-order valence-electron chi connectivity index (χ2n) is 15.3. The first kappa shape index (κ1) is 45.1. The van der Waals surface area contributed by atoms with Crippen molar-refractivity contribution in [3.05, 3.63) is 84.1 Å². The lowest BCUT2D eigenvalue weighted by Gasteiger charge is -2.45. The minimum atomic E-state index is -1.75. The van der Waals surface area contributed by atoms with Gasteiger partial charge in [-0.05, 0) is 60.5 Å². The van der Waals surface area contributed by atoms with Crippen molar-refractivity contribution in [2.45, 2.75) is 99.4 Å². The van der Waals surface area contributed by atoms with E-state index >= 15 is 0 Å². The van der Waals surface area contributed by atoms with Crippen LogP contribution in [0.2, 0.25) is 0 Å². The predicted molar refractivity (Wildman–Crippen MR) is 209 cm³/mol. The molecule has 5 N–H and O–H groups in total. The van der Waals surface area contributed by atoms with Gasteiger partial charge < -0.3 is 77.6 Å². The van der Waals surface area contributed by atoms with Crippen LogP contribution in [-0.4, -0.2) is 156 Å². The van der Waals surface area contributed by atoms with Crippen molar-refractivity contribution >= 4 is 30.1 Å². The molecule has 0 aromatic heterocycles. The summed E-state index contributed by atoms with van der Waals surface area (Å²) in [4.78, 5) is 39.6. The van der Waals surface area contributed by atoms with E-state index in [-0.39, 0.29) is 0 Å². The first-order valence-electron chi connectivity index (χ1n) is 19.9. The Morgan fingerprint density at radius 3 is 1.85 bits per heavy atom. The molecule has 5 aliphatic rings. The van der Waals surface area contributed by atoms with Gasteiger partial charge in [0.2, 0.25) is 6.29 Å². The Balaban J connectivity index is 1.14. The summed E-state index contributed by atoms with van der Waals surface area (Å²) in [5.41, 5.74) is -0.0196. The van der Waals surface area contributed by atoms with Crippen LogP contribution >= 0.6 is 0 Å². The normalized spacial score (nSPS) is 37.2. The molecular weight excluding hydrogens is 820 g/mol. The van der Waals surface area contributed by atoms with Gasteiger partial charge in [0.15, 0.2) is 30.9 Å². The largest absolute Gasteiger partial charge is 0.497 e. The fourth-order valence-electron chi connectivity index (χ4n) is 8.27. The second kappa shape index (κ2) is 19.2. The number of benzene rings is 2. The van der Waals surface area contributed by atoms with Gasteiger partial charge in [0.05, 0.1) is 51.8 Å². The fraction of sp³-hybridized carbons (Fsp3) is 0.512. The quantitative estimate of drug-likeness (QED) is 0.0702. The Labute approximate surface area is 355 Å². The number of hydrogen-bond acceptors (Lipinski definition) is 19. The molecule has 0 unspecified atom stereocenters. The van der Waals surface area contributed by atoms with Crippen LogP contribution in [0.1, 0.15) is 25.0 Å². The zero-order valence-corrected chi connectivity index (χ0v) is 34.1. The Morgan fingerprint density at radius 1 is 0.710 bits per heavy atom. The van der Waals surface area contributed by atoms with Gasteiger partial charge in [-0.15, -0.1) is 0 Å². The minimum absolute atomic E-state index is 0.539. The molecule has 2 aromatic rings. The van der Waals surface area contributed by atoms with E-state index in [4.69, 9.17) is 52.1 Å². The molecule has 4 aliphatic heterocycles. The van der Waals surface area contributed by atoms with E-state index in [0.717, 1.165) is 13.0 Å². The van der Waals surface area contributed by atoms with E-state index in [1.54, 1.807) is 61.5 Å². The molecule has 2 aromatic carbocycles. The van der Waals surface area contributed by atoms with Gasteiger partial charge in [-0.2, -0.15) is 0 Å². The number of methoxy groups -OCH3 is 2. The number of carbonyl (C=O) groups is 3. The number of carbonyl (C=O) groups excluding carboxylic acids is 3. The Kier molecular flexibility index (Phi) is 14.0. The summed E-state index contributed by atoms with van der Waals surface area (Å²) in [6.45, 7) is 1.46.